The molecular formula is C14H22O. The molecule has 0 unspecified atom stereocenters. The fraction of sp³-hybridized carbons (Fsp3) is 0.571. The topological polar surface area (TPSA) is 20.2 Å². The average Bonchev–Trinajstić information content (AvgIpc) is 2.09. The lowest BCUT2D eigenvalue weighted by atomic mass is 9.83. The van der Waals surface area contributed by atoms with Crippen molar-refractivity contribution in [3.8, 4) is 0 Å². The molecule has 0 bridgehead atoms. The largest absolute Gasteiger partial charge is 0.386 e. The van der Waals surface area contributed by atoms with Crippen LogP contribution in [0.3, 0.4) is 0 Å². The quantitative estimate of drug-likeness (QED) is 0.746. The van der Waals surface area contributed by atoms with E-state index in [-0.39, 0.29) is 0 Å². The molecule has 1 nitrogen and oxygen atoms in total. The van der Waals surface area contributed by atoms with E-state index in [1.807, 2.05) is 13.8 Å². The van der Waals surface area contributed by atoms with Crippen molar-refractivity contribution in [3.05, 3.63) is 33.4 Å². The molecule has 1 aromatic carbocycles. The second-order valence-corrected chi connectivity index (χ2v) is 5.06. The minimum absolute atomic E-state index is 0.753. The van der Waals surface area contributed by atoms with Gasteiger partial charge in [-0.1, -0.05) is 0 Å². The molecular weight excluding hydrogens is 184 g/mol. The maximum atomic E-state index is 10.2. The summed E-state index contributed by atoms with van der Waals surface area (Å²) >= 11 is 0. The van der Waals surface area contributed by atoms with E-state index in [1.165, 1.54) is 27.8 Å². The van der Waals surface area contributed by atoms with Gasteiger partial charge in [-0.25, -0.2) is 0 Å². The highest BCUT2D eigenvalue weighted by molar-refractivity contribution is 5.51. The predicted molar refractivity (Wildman–Crippen MR) is 65.4 cm³/mol. The van der Waals surface area contributed by atoms with E-state index in [0.29, 0.717) is 0 Å². The number of rotatable bonds is 1. The molecule has 84 valence electrons. The van der Waals surface area contributed by atoms with E-state index < -0.39 is 5.60 Å². The second-order valence-electron chi connectivity index (χ2n) is 5.06. The summed E-state index contributed by atoms with van der Waals surface area (Å²) in [7, 11) is 0. The van der Waals surface area contributed by atoms with Crippen molar-refractivity contribution in [1.82, 2.24) is 0 Å². The molecule has 0 aliphatic carbocycles. The van der Waals surface area contributed by atoms with Crippen LogP contribution in [0.25, 0.3) is 0 Å². The molecule has 0 amide bonds. The maximum Gasteiger partial charge on any atom is 0.0845 e. The van der Waals surface area contributed by atoms with Crippen LogP contribution in [0, 0.1) is 34.6 Å². The first-order valence-electron chi connectivity index (χ1n) is 5.47. The van der Waals surface area contributed by atoms with E-state index >= 15 is 0 Å². The van der Waals surface area contributed by atoms with Crippen LogP contribution < -0.4 is 0 Å². The lowest BCUT2D eigenvalue weighted by Gasteiger charge is -2.27. The van der Waals surface area contributed by atoms with Gasteiger partial charge in [0.05, 0.1) is 5.60 Å². The van der Waals surface area contributed by atoms with Crippen molar-refractivity contribution in [1.29, 1.82) is 0 Å². The molecule has 0 aromatic heterocycles. The SMILES string of the molecule is Cc1c(C)c(C)c(C(C)(C)O)c(C)c1C. The fourth-order valence-electron chi connectivity index (χ4n) is 2.42. The molecule has 0 saturated heterocycles. The van der Waals surface area contributed by atoms with Crippen LogP contribution in [-0.2, 0) is 5.60 Å². The summed E-state index contributed by atoms with van der Waals surface area (Å²) in [6.07, 6.45) is 0. The Kier molecular flexibility index (Phi) is 2.97. The molecule has 1 aromatic rings. The van der Waals surface area contributed by atoms with E-state index in [2.05, 4.69) is 34.6 Å². The normalized spacial score (nSPS) is 12.0. The summed E-state index contributed by atoms with van der Waals surface area (Å²) in [4.78, 5) is 0. The molecule has 0 spiro atoms. The van der Waals surface area contributed by atoms with Crippen LogP contribution in [0.15, 0.2) is 0 Å². The summed E-state index contributed by atoms with van der Waals surface area (Å²) in [6, 6.07) is 0. The Bertz CT molecular complexity index is 366. The third-order valence-corrected chi connectivity index (χ3v) is 3.61. The zero-order valence-electron chi connectivity index (χ0n) is 10.9. The molecule has 1 rings (SSSR count). The second kappa shape index (κ2) is 3.64. The zero-order valence-corrected chi connectivity index (χ0v) is 10.9. The van der Waals surface area contributed by atoms with Crippen molar-refractivity contribution in [2.24, 2.45) is 0 Å². The van der Waals surface area contributed by atoms with Crippen molar-refractivity contribution in [2.75, 3.05) is 0 Å². The van der Waals surface area contributed by atoms with Gasteiger partial charge in [0.15, 0.2) is 0 Å². The smallest absolute Gasteiger partial charge is 0.0845 e. The van der Waals surface area contributed by atoms with Gasteiger partial charge < -0.3 is 5.11 Å². The van der Waals surface area contributed by atoms with E-state index in [4.69, 9.17) is 0 Å². The number of hydrogen-bond acceptors (Lipinski definition) is 1. The standard InChI is InChI=1S/C14H22O/c1-8-9(2)11(4)13(14(6,7)15)12(5)10(8)3/h15H,1-7H3. The first-order valence-corrected chi connectivity index (χ1v) is 5.47. The van der Waals surface area contributed by atoms with Gasteiger partial charge in [-0.3, -0.25) is 0 Å². The number of benzene rings is 1. The molecule has 0 fully saturated rings. The van der Waals surface area contributed by atoms with Gasteiger partial charge in [-0.05, 0) is 81.8 Å². The molecule has 1 N–H and O–H groups in total. The van der Waals surface area contributed by atoms with Crippen LogP contribution in [0.4, 0.5) is 0 Å². The Morgan fingerprint density at radius 3 is 1.20 bits per heavy atom. The van der Waals surface area contributed by atoms with Crippen LogP contribution in [0.2, 0.25) is 0 Å². The maximum absolute atomic E-state index is 10.2. The van der Waals surface area contributed by atoms with Crippen LogP contribution in [0.5, 0.6) is 0 Å². The van der Waals surface area contributed by atoms with Gasteiger partial charge in [0.25, 0.3) is 0 Å². The number of aliphatic hydroxyl groups is 1. The van der Waals surface area contributed by atoms with E-state index in [9.17, 15) is 5.11 Å². The molecule has 0 heterocycles. The Hall–Kier alpha value is -0.820. The zero-order chi connectivity index (χ0) is 12.0. The summed E-state index contributed by atoms with van der Waals surface area (Å²) in [5, 5.41) is 10.2. The van der Waals surface area contributed by atoms with Gasteiger partial charge in [0.1, 0.15) is 0 Å². The van der Waals surface area contributed by atoms with Crippen molar-refractivity contribution >= 4 is 0 Å². The van der Waals surface area contributed by atoms with Crippen molar-refractivity contribution in [2.45, 2.75) is 54.1 Å². The highest BCUT2D eigenvalue weighted by Crippen LogP contribution is 2.33. The van der Waals surface area contributed by atoms with Crippen molar-refractivity contribution in [3.63, 3.8) is 0 Å². The fourth-order valence-corrected chi connectivity index (χ4v) is 2.42. The molecule has 0 radical (unpaired) electrons. The lowest BCUT2D eigenvalue weighted by molar-refractivity contribution is 0.0771. The highest BCUT2D eigenvalue weighted by atomic mass is 16.3. The molecule has 15 heavy (non-hydrogen) atoms. The molecule has 1 heteroatoms. The third-order valence-electron chi connectivity index (χ3n) is 3.61. The Morgan fingerprint density at radius 2 is 0.933 bits per heavy atom. The summed E-state index contributed by atoms with van der Waals surface area (Å²) in [6.45, 7) is 14.3. The summed E-state index contributed by atoms with van der Waals surface area (Å²) < 4.78 is 0. The van der Waals surface area contributed by atoms with E-state index in [0.717, 1.165) is 5.56 Å². The Balaban J connectivity index is 3.68. The van der Waals surface area contributed by atoms with Crippen LogP contribution >= 0.6 is 0 Å². The summed E-state index contributed by atoms with van der Waals surface area (Å²) in [5.41, 5.74) is 6.73. The average molecular weight is 206 g/mol. The van der Waals surface area contributed by atoms with E-state index in [1.54, 1.807) is 0 Å². The van der Waals surface area contributed by atoms with Crippen LogP contribution in [-0.4, -0.2) is 5.11 Å². The highest BCUT2D eigenvalue weighted by Gasteiger charge is 2.23. The molecule has 0 aliphatic rings. The van der Waals surface area contributed by atoms with Gasteiger partial charge in [-0.15, -0.1) is 0 Å². The van der Waals surface area contributed by atoms with Gasteiger partial charge in [0.2, 0.25) is 0 Å². The number of hydrogen-bond donors (Lipinski definition) is 1. The predicted octanol–water partition coefficient (Wildman–Crippen LogP) is 3.46. The first kappa shape index (κ1) is 12.3. The molecule has 0 atom stereocenters. The van der Waals surface area contributed by atoms with Gasteiger partial charge in [0, 0.05) is 0 Å². The lowest BCUT2D eigenvalue weighted by Crippen LogP contribution is -2.20. The van der Waals surface area contributed by atoms with Crippen LogP contribution in [0.1, 0.15) is 47.2 Å². The minimum Gasteiger partial charge on any atom is -0.386 e. The minimum atomic E-state index is -0.753. The Labute approximate surface area is 93.1 Å². The van der Waals surface area contributed by atoms with Gasteiger partial charge in [-0.2, -0.15) is 0 Å². The van der Waals surface area contributed by atoms with Crippen molar-refractivity contribution < 1.29 is 5.11 Å². The monoisotopic (exact) mass is 206 g/mol. The third kappa shape index (κ3) is 1.93. The molecule has 0 aliphatic heterocycles. The molecule has 0 saturated carbocycles. The first-order chi connectivity index (χ1) is 6.68. The Morgan fingerprint density at radius 1 is 0.667 bits per heavy atom. The summed E-state index contributed by atoms with van der Waals surface area (Å²) in [5.74, 6) is 0. The van der Waals surface area contributed by atoms with Gasteiger partial charge >= 0.3 is 0 Å².